The number of hydrogen-bond acceptors (Lipinski definition) is 2. The van der Waals surface area contributed by atoms with Gasteiger partial charge in [-0.05, 0) is 30.3 Å². The van der Waals surface area contributed by atoms with Gasteiger partial charge in [0, 0.05) is 24.2 Å². The van der Waals surface area contributed by atoms with Crippen LogP contribution < -0.4 is 10.6 Å². The molecule has 2 amide bonds. The van der Waals surface area contributed by atoms with E-state index in [-0.39, 0.29) is 18.5 Å². The molecule has 7 heteroatoms. The summed E-state index contributed by atoms with van der Waals surface area (Å²) in [5.74, 6) is -1.23. The third kappa shape index (κ3) is 4.34. The zero-order chi connectivity index (χ0) is 17.7. The van der Waals surface area contributed by atoms with E-state index < -0.39 is 23.6 Å². The van der Waals surface area contributed by atoms with Crippen LogP contribution in [0.1, 0.15) is 22.3 Å². The van der Waals surface area contributed by atoms with Crippen molar-refractivity contribution in [2.24, 2.45) is 5.73 Å². The van der Waals surface area contributed by atoms with Gasteiger partial charge >= 0.3 is 6.18 Å². The zero-order valence-corrected chi connectivity index (χ0v) is 12.6. The summed E-state index contributed by atoms with van der Waals surface area (Å²) in [6, 6.07) is 12.5. The lowest BCUT2D eigenvalue weighted by Crippen LogP contribution is -2.34. The molecule has 2 aromatic rings. The van der Waals surface area contributed by atoms with Crippen LogP contribution in [0.5, 0.6) is 0 Å². The molecule has 126 valence electrons. The topological polar surface area (TPSA) is 63.4 Å². The van der Waals surface area contributed by atoms with Crippen molar-refractivity contribution in [3.8, 4) is 0 Å². The molecule has 2 N–H and O–H groups in total. The highest BCUT2D eigenvalue weighted by molar-refractivity contribution is 6.06. The number of hydrogen-bond donors (Lipinski definition) is 1. The van der Waals surface area contributed by atoms with E-state index in [0.29, 0.717) is 5.69 Å². The molecule has 0 heterocycles. The number of anilines is 1. The number of carbonyl (C=O) groups is 2. The summed E-state index contributed by atoms with van der Waals surface area (Å²) >= 11 is 0. The predicted octanol–water partition coefficient (Wildman–Crippen LogP) is 3.23. The minimum Gasteiger partial charge on any atom is -0.370 e. The number of alkyl halides is 3. The zero-order valence-electron chi connectivity index (χ0n) is 12.6. The minimum absolute atomic E-state index is 0.0194. The number of benzene rings is 2. The van der Waals surface area contributed by atoms with Crippen LogP contribution in [0, 0.1) is 0 Å². The first-order chi connectivity index (χ1) is 11.3. The summed E-state index contributed by atoms with van der Waals surface area (Å²) in [6.45, 7) is -0.0194. The van der Waals surface area contributed by atoms with E-state index in [1.165, 1.54) is 17.0 Å². The molecule has 24 heavy (non-hydrogen) atoms. The summed E-state index contributed by atoms with van der Waals surface area (Å²) in [7, 11) is 0. The summed E-state index contributed by atoms with van der Waals surface area (Å²) in [4.78, 5) is 24.9. The number of nitrogens with two attached hydrogens (primary N) is 1. The maximum Gasteiger partial charge on any atom is 0.416 e. The van der Waals surface area contributed by atoms with Crippen LogP contribution in [0.15, 0.2) is 54.6 Å². The van der Waals surface area contributed by atoms with Gasteiger partial charge in [0.25, 0.3) is 5.91 Å². The average molecular weight is 336 g/mol. The monoisotopic (exact) mass is 336 g/mol. The Morgan fingerprint density at radius 3 is 2.25 bits per heavy atom. The molecule has 4 nitrogen and oxygen atoms in total. The van der Waals surface area contributed by atoms with Gasteiger partial charge in [-0.1, -0.05) is 24.3 Å². The lowest BCUT2D eigenvalue weighted by Gasteiger charge is -2.23. The molecule has 2 rings (SSSR count). The van der Waals surface area contributed by atoms with Gasteiger partial charge in [-0.3, -0.25) is 9.59 Å². The first-order valence-electron chi connectivity index (χ1n) is 7.11. The second-order valence-electron chi connectivity index (χ2n) is 5.09. The number of rotatable bonds is 5. The Kier molecular flexibility index (Phi) is 5.23. The van der Waals surface area contributed by atoms with E-state index in [1.54, 1.807) is 30.3 Å². The maximum atomic E-state index is 12.8. The predicted molar refractivity (Wildman–Crippen MR) is 83.4 cm³/mol. The molecule has 0 aliphatic heterocycles. The first-order valence-corrected chi connectivity index (χ1v) is 7.11. The molecule has 0 fully saturated rings. The fraction of sp³-hybridized carbons (Fsp3) is 0.176. The third-order valence-electron chi connectivity index (χ3n) is 3.33. The standard InChI is InChI=1S/C17H15F3N2O2/c18-17(19,20)13-6-4-5-12(11-13)16(24)22(10-9-15(21)23)14-7-2-1-3-8-14/h1-8,11H,9-10H2,(H2,21,23). The smallest absolute Gasteiger partial charge is 0.370 e. The Balaban J connectivity index is 2.36. The van der Waals surface area contributed by atoms with Crippen LogP contribution in [0.3, 0.4) is 0 Å². The van der Waals surface area contributed by atoms with Crippen molar-refractivity contribution >= 4 is 17.5 Å². The fourth-order valence-corrected chi connectivity index (χ4v) is 2.16. The third-order valence-corrected chi connectivity index (χ3v) is 3.33. The van der Waals surface area contributed by atoms with E-state index >= 15 is 0 Å². The lowest BCUT2D eigenvalue weighted by molar-refractivity contribution is -0.137. The quantitative estimate of drug-likeness (QED) is 0.911. The van der Waals surface area contributed by atoms with Gasteiger partial charge in [0.1, 0.15) is 0 Å². The number of carbonyl (C=O) groups excluding carboxylic acids is 2. The average Bonchev–Trinajstić information content (AvgIpc) is 2.55. The van der Waals surface area contributed by atoms with Crippen molar-refractivity contribution in [1.82, 2.24) is 0 Å². The fourth-order valence-electron chi connectivity index (χ4n) is 2.16. The highest BCUT2D eigenvalue weighted by atomic mass is 19.4. The van der Waals surface area contributed by atoms with Crippen molar-refractivity contribution < 1.29 is 22.8 Å². The van der Waals surface area contributed by atoms with Gasteiger partial charge in [-0.15, -0.1) is 0 Å². The van der Waals surface area contributed by atoms with E-state index in [9.17, 15) is 22.8 Å². The second kappa shape index (κ2) is 7.16. The molecule has 0 saturated carbocycles. The van der Waals surface area contributed by atoms with E-state index in [1.807, 2.05) is 0 Å². The highest BCUT2D eigenvalue weighted by Gasteiger charge is 2.31. The SMILES string of the molecule is NC(=O)CCN(C(=O)c1cccc(C(F)(F)F)c1)c1ccccc1. The molecular formula is C17H15F3N2O2. The molecule has 0 bridgehead atoms. The molecule has 0 aliphatic rings. The van der Waals surface area contributed by atoms with E-state index in [0.717, 1.165) is 12.1 Å². The van der Waals surface area contributed by atoms with Crippen molar-refractivity contribution in [1.29, 1.82) is 0 Å². The normalized spacial score (nSPS) is 11.1. The highest BCUT2D eigenvalue weighted by Crippen LogP contribution is 2.30. The van der Waals surface area contributed by atoms with Gasteiger partial charge in [-0.2, -0.15) is 13.2 Å². The minimum atomic E-state index is -4.54. The summed E-state index contributed by atoms with van der Waals surface area (Å²) in [5, 5.41) is 0. The summed E-state index contributed by atoms with van der Waals surface area (Å²) < 4.78 is 38.5. The number of amides is 2. The molecule has 0 unspecified atom stereocenters. The van der Waals surface area contributed by atoms with Crippen LogP contribution in [-0.4, -0.2) is 18.4 Å². The Hall–Kier alpha value is -2.83. The number of para-hydroxylation sites is 1. The van der Waals surface area contributed by atoms with Crippen molar-refractivity contribution in [2.45, 2.75) is 12.6 Å². The maximum absolute atomic E-state index is 12.8. The number of nitrogens with zero attached hydrogens (tertiary/aromatic N) is 1. The Bertz CT molecular complexity index is 730. The van der Waals surface area contributed by atoms with Gasteiger partial charge in [0.05, 0.1) is 5.56 Å². The summed E-state index contributed by atoms with van der Waals surface area (Å²) in [5.41, 5.74) is 4.57. The molecule has 2 aromatic carbocycles. The molecule has 0 aromatic heterocycles. The van der Waals surface area contributed by atoms with Gasteiger partial charge in [0.2, 0.25) is 5.91 Å². The Morgan fingerprint density at radius 1 is 1.00 bits per heavy atom. The van der Waals surface area contributed by atoms with E-state index in [4.69, 9.17) is 5.73 Å². The molecule has 0 atom stereocenters. The number of halogens is 3. The summed E-state index contributed by atoms with van der Waals surface area (Å²) in [6.07, 6.45) is -4.64. The Labute approximate surface area is 136 Å². The first kappa shape index (κ1) is 17.5. The molecular weight excluding hydrogens is 321 g/mol. The van der Waals surface area contributed by atoms with Gasteiger partial charge in [-0.25, -0.2) is 0 Å². The van der Waals surface area contributed by atoms with Crippen molar-refractivity contribution in [3.05, 3.63) is 65.7 Å². The number of primary amides is 1. The largest absolute Gasteiger partial charge is 0.416 e. The molecule has 0 saturated heterocycles. The van der Waals surface area contributed by atoms with Gasteiger partial charge < -0.3 is 10.6 Å². The molecule has 0 radical (unpaired) electrons. The Morgan fingerprint density at radius 2 is 1.67 bits per heavy atom. The van der Waals surface area contributed by atoms with Crippen LogP contribution in [-0.2, 0) is 11.0 Å². The van der Waals surface area contributed by atoms with E-state index in [2.05, 4.69) is 0 Å². The lowest BCUT2D eigenvalue weighted by atomic mass is 10.1. The second-order valence-corrected chi connectivity index (χ2v) is 5.09. The molecule has 0 aliphatic carbocycles. The van der Waals surface area contributed by atoms with Crippen LogP contribution in [0.4, 0.5) is 18.9 Å². The van der Waals surface area contributed by atoms with Crippen LogP contribution >= 0.6 is 0 Å². The van der Waals surface area contributed by atoms with Crippen molar-refractivity contribution in [2.75, 3.05) is 11.4 Å². The molecule has 0 spiro atoms. The van der Waals surface area contributed by atoms with Crippen LogP contribution in [0.2, 0.25) is 0 Å². The van der Waals surface area contributed by atoms with Crippen LogP contribution in [0.25, 0.3) is 0 Å². The van der Waals surface area contributed by atoms with Gasteiger partial charge in [0.15, 0.2) is 0 Å². The van der Waals surface area contributed by atoms with Crippen molar-refractivity contribution in [3.63, 3.8) is 0 Å².